The predicted octanol–water partition coefficient (Wildman–Crippen LogP) is 2.36. The first kappa shape index (κ1) is 16.0. The highest BCUT2D eigenvalue weighted by Crippen LogP contribution is 2.27. The van der Waals surface area contributed by atoms with Crippen LogP contribution in [0.3, 0.4) is 0 Å². The third-order valence-electron chi connectivity index (χ3n) is 3.89. The van der Waals surface area contributed by atoms with E-state index in [2.05, 4.69) is 5.32 Å². The van der Waals surface area contributed by atoms with E-state index >= 15 is 0 Å². The lowest BCUT2D eigenvalue weighted by molar-refractivity contribution is -0.127. The Morgan fingerprint density at radius 2 is 1.84 bits per heavy atom. The first-order valence-electron chi connectivity index (χ1n) is 7.57. The first-order chi connectivity index (χ1) is 8.99. The van der Waals surface area contributed by atoms with Crippen molar-refractivity contribution < 1.29 is 9.59 Å². The monoisotopic (exact) mass is 268 g/mol. The van der Waals surface area contributed by atoms with Gasteiger partial charge in [-0.2, -0.15) is 0 Å². The van der Waals surface area contributed by atoms with Gasteiger partial charge in [-0.15, -0.1) is 0 Å². The molecule has 1 aliphatic carbocycles. The normalized spacial score (nSPS) is 18.3. The summed E-state index contributed by atoms with van der Waals surface area (Å²) in [6, 6.07) is -0.515. The molecule has 1 atom stereocenters. The molecule has 0 saturated heterocycles. The average molecular weight is 268 g/mol. The average Bonchev–Trinajstić information content (AvgIpc) is 2.36. The minimum atomic E-state index is -0.515. The molecule has 0 heterocycles. The summed E-state index contributed by atoms with van der Waals surface area (Å²) in [6.07, 6.45) is 8.50. The van der Waals surface area contributed by atoms with E-state index in [1.54, 1.807) is 0 Å². The van der Waals surface area contributed by atoms with Crippen molar-refractivity contribution in [2.75, 3.05) is 0 Å². The lowest BCUT2D eigenvalue weighted by Gasteiger charge is -2.22. The van der Waals surface area contributed by atoms with E-state index in [0.717, 1.165) is 6.42 Å². The van der Waals surface area contributed by atoms with E-state index in [4.69, 9.17) is 5.73 Å². The molecule has 0 aromatic rings. The van der Waals surface area contributed by atoms with Gasteiger partial charge in [-0.25, -0.2) is 0 Å². The van der Waals surface area contributed by atoms with E-state index in [1.807, 2.05) is 13.8 Å². The highest BCUT2D eigenvalue weighted by atomic mass is 16.2. The van der Waals surface area contributed by atoms with Gasteiger partial charge in [0.1, 0.15) is 6.04 Å². The van der Waals surface area contributed by atoms with Crippen molar-refractivity contribution in [3.05, 3.63) is 0 Å². The Labute approximate surface area is 116 Å². The van der Waals surface area contributed by atoms with Crippen molar-refractivity contribution in [3.63, 3.8) is 0 Å². The fourth-order valence-corrected chi connectivity index (χ4v) is 2.80. The molecule has 2 amide bonds. The minimum absolute atomic E-state index is 0.0324. The molecule has 1 aliphatic rings. The van der Waals surface area contributed by atoms with Crippen LogP contribution in [0.2, 0.25) is 0 Å². The summed E-state index contributed by atoms with van der Waals surface area (Å²) < 4.78 is 0. The zero-order chi connectivity index (χ0) is 14.3. The fraction of sp³-hybridized carbons (Fsp3) is 0.867. The van der Waals surface area contributed by atoms with Crippen molar-refractivity contribution in [2.45, 2.75) is 71.3 Å². The Kier molecular flexibility index (Phi) is 6.89. The second-order valence-corrected chi connectivity index (χ2v) is 6.19. The van der Waals surface area contributed by atoms with Gasteiger partial charge in [-0.1, -0.05) is 46.0 Å². The van der Waals surface area contributed by atoms with Crippen molar-refractivity contribution in [1.29, 1.82) is 0 Å². The van der Waals surface area contributed by atoms with Crippen LogP contribution in [0, 0.1) is 11.8 Å². The van der Waals surface area contributed by atoms with Crippen molar-refractivity contribution >= 4 is 11.8 Å². The van der Waals surface area contributed by atoms with Crippen LogP contribution in [-0.4, -0.2) is 17.9 Å². The highest BCUT2D eigenvalue weighted by Gasteiger charge is 2.20. The zero-order valence-corrected chi connectivity index (χ0v) is 12.3. The fourth-order valence-electron chi connectivity index (χ4n) is 2.80. The number of hydrogen-bond acceptors (Lipinski definition) is 2. The maximum atomic E-state index is 11.9. The van der Waals surface area contributed by atoms with E-state index < -0.39 is 11.9 Å². The first-order valence-corrected chi connectivity index (χ1v) is 7.57. The standard InChI is InChI=1S/C15H28N2O2/c1-11(2)10-13(15(16)19)17-14(18)9-8-12-6-4-3-5-7-12/h11-13H,3-10H2,1-2H3,(H2,16,19)(H,17,18)/t13-/m1/s1. The van der Waals surface area contributed by atoms with Gasteiger partial charge in [-0.05, 0) is 24.7 Å². The Bertz CT molecular complexity index is 297. The lowest BCUT2D eigenvalue weighted by atomic mass is 9.86. The number of rotatable bonds is 7. The molecule has 1 rings (SSSR count). The summed E-state index contributed by atoms with van der Waals surface area (Å²) in [5, 5.41) is 2.77. The lowest BCUT2D eigenvalue weighted by Crippen LogP contribution is -2.45. The van der Waals surface area contributed by atoms with Crippen molar-refractivity contribution in [3.8, 4) is 0 Å². The summed E-state index contributed by atoms with van der Waals surface area (Å²) in [4.78, 5) is 23.1. The molecule has 0 aliphatic heterocycles. The van der Waals surface area contributed by atoms with Crippen molar-refractivity contribution in [2.24, 2.45) is 17.6 Å². The van der Waals surface area contributed by atoms with Crippen LogP contribution in [0.1, 0.15) is 65.2 Å². The summed E-state index contributed by atoms with van der Waals surface area (Å²) in [5.74, 6) is 0.572. The van der Waals surface area contributed by atoms with Crippen LogP contribution in [-0.2, 0) is 9.59 Å². The molecular formula is C15H28N2O2. The van der Waals surface area contributed by atoms with E-state index in [0.29, 0.717) is 24.7 Å². The summed E-state index contributed by atoms with van der Waals surface area (Å²) in [6.45, 7) is 4.04. The van der Waals surface area contributed by atoms with Crippen LogP contribution in [0.15, 0.2) is 0 Å². The van der Waals surface area contributed by atoms with Gasteiger partial charge < -0.3 is 11.1 Å². The molecule has 0 bridgehead atoms. The third kappa shape index (κ3) is 6.60. The molecule has 110 valence electrons. The summed E-state index contributed by atoms with van der Waals surface area (Å²) >= 11 is 0. The second kappa shape index (κ2) is 8.18. The number of carbonyl (C=O) groups is 2. The molecule has 3 N–H and O–H groups in total. The number of amides is 2. The van der Waals surface area contributed by atoms with Crippen LogP contribution in [0.25, 0.3) is 0 Å². The van der Waals surface area contributed by atoms with Gasteiger partial charge >= 0.3 is 0 Å². The van der Waals surface area contributed by atoms with E-state index in [-0.39, 0.29) is 5.91 Å². The number of primary amides is 1. The Morgan fingerprint density at radius 3 is 2.37 bits per heavy atom. The molecule has 0 unspecified atom stereocenters. The van der Waals surface area contributed by atoms with Crippen LogP contribution in [0.5, 0.6) is 0 Å². The maximum absolute atomic E-state index is 11.9. The van der Waals surface area contributed by atoms with Crippen LogP contribution < -0.4 is 11.1 Å². The Morgan fingerprint density at radius 1 is 1.21 bits per heavy atom. The van der Waals surface area contributed by atoms with Gasteiger partial charge in [0, 0.05) is 6.42 Å². The van der Waals surface area contributed by atoms with Crippen LogP contribution in [0.4, 0.5) is 0 Å². The number of hydrogen-bond donors (Lipinski definition) is 2. The smallest absolute Gasteiger partial charge is 0.240 e. The largest absolute Gasteiger partial charge is 0.368 e. The van der Waals surface area contributed by atoms with Gasteiger partial charge in [0.15, 0.2) is 0 Å². The van der Waals surface area contributed by atoms with Gasteiger partial charge in [-0.3, -0.25) is 9.59 Å². The van der Waals surface area contributed by atoms with Gasteiger partial charge in [0.05, 0.1) is 0 Å². The second-order valence-electron chi connectivity index (χ2n) is 6.19. The topological polar surface area (TPSA) is 72.2 Å². The quantitative estimate of drug-likeness (QED) is 0.744. The zero-order valence-electron chi connectivity index (χ0n) is 12.3. The minimum Gasteiger partial charge on any atom is -0.368 e. The number of nitrogens with two attached hydrogens (primary N) is 1. The Balaban J connectivity index is 2.29. The molecule has 19 heavy (non-hydrogen) atoms. The molecule has 0 aromatic carbocycles. The van der Waals surface area contributed by atoms with E-state index in [1.165, 1.54) is 32.1 Å². The molecule has 0 aromatic heterocycles. The molecule has 4 nitrogen and oxygen atoms in total. The SMILES string of the molecule is CC(C)C[C@@H](NC(=O)CCC1CCCCC1)C(N)=O. The summed E-state index contributed by atoms with van der Waals surface area (Å²) in [5.41, 5.74) is 5.32. The van der Waals surface area contributed by atoms with Gasteiger partial charge in [0.25, 0.3) is 0 Å². The molecule has 4 heteroatoms. The Hall–Kier alpha value is -1.06. The molecule has 0 spiro atoms. The van der Waals surface area contributed by atoms with Crippen LogP contribution >= 0.6 is 0 Å². The molecular weight excluding hydrogens is 240 g/mol. The van der Waals surface area contributed by atoms with E-state index in [9.17, 15) is 9.59 Å². The maximum Gasteiger partial charge on any atom is 0.240 e. The molecule has 1 saturated carbocycles. The molecule has 0 radical (unpaired) electrons. The highest BCUT2D eigenvalue weighted by molar-refractivity contribution is 5.86. The number of carbonyl (C=O) groups excluding carboxylic acids is 2. The number of nitrogens with one attached hydrogen (secondary N) is 1. The molecule has 1 fully saturated rings. The summed E-state index contributed by atoms with van der Waals surface area (Å²) in [7, 11) is 0. The van der Waals surface area contributed by atoms with Crippen molar-refractivity contribution in [1.82, 2.24) is 5.32 Å². The predicted molar refractivity (Wildman–Crippen MR) is 76.4 cm³/mol. The van der Waals surface area contributed by atoms with Gasteiger partial charge in [0.2, 0.25) is 11.8 Å². The third-order valence-corrected chi connectivity index (χ3v) is 3.89.